The van der Waals surface area contributed by atoms with Gasteiger partial charge in [0.25, 0.3) is 5.91 Å². The molecule has 0 fully saturated rings. The van der Waals surface area contributed by atoms with Crippen LogP contribution in [0.5, 0.6) is 11.5 Å². The van der Waals surface area contributed by atoms with Crippen LogP contribution in [0.25, 0.3) is 0 Å². The summed E-state index contributed by atoms with van der Waals surface area (Å²) in [5.41, 5.74) is 1.81. The molecule has 5 heteroatoms. The molecule has 23 heavy (non-hydrogen) atoms. The number of anilines is 1. The van der Waals surface area contributed by atoms with Crippen LogP contribution in [0, 0.1) is 6.92 Å². The van der Waals surface area contributed by atoms with Crippen molar-refractivity contribution in [2.75, 3.05) is 12.4 Å². The lowest BCUT2D eigenvalue weighted by Crippen LogP contribution is -2.32. The molecule has 122 valence electrons. The van der Waals surface area contributed by atoms with Gasteiger partial charge in [0.15, 0.2) is 6.10 Å². The minimum absolute atomic E-state index is 0.169. The van der Waals surface area contributed by atoms with Crippen LogP contribution >= 0.6 is 15.9 Å². The van der Waals surface area contributed by atoms with E-state index in [-0.39, 0.29) is 5.91 Å². The van der Waals surface area contributed by atoms with Gasteiger partial charge in [0.2, 0.25) is 0 Å². The van der Waals surface area contributed by atoms with Crippen LogP contribution in [0.2, 0.25) is 0 Å². The quantitative estimate of drug-likeness (QED) is 0.802. The number of methoxy groups -OCH3 is 1. The Hall–Kier alpha value is -2.01. The van der Waals surface area contributed by atoms with E-state index in [1.807, 2.05) is 50.2 Å². The van der Waals surface area contributed by atoms with Crippen LogP contribution < -0.4 is 14.8 Å². The predicted molar refractivity (Wildman–Crippen MR) is 95.2 cm³/mol. The molecule has 0 aliphatic carbocycles. The van der Waals surface area contributed by atoms with Crippen molar-refractivity contribution in [3.8, 4) is 11.5 Å². The SMILES string of the molecule is CC[C@H](Oc1cccc(OC)c1)C(=O)Nc1ccc(Br)c(C)c1. The Kier molecular flexibility index (Phi) is 6.04. The van der Waals surface area contributed by atoms with Gasteiger partial charge in [-0.2, -0.15) is 0 Å². The summed E-state index contributed by atoms with van der Waals surface area (Å²) in [6.07, 6.45) is 0.00417. The predicted octanol–water partition coefficient (Wildman–Crippen LogP) is 4.56. The third-order valence-electron chi connectivity index (χ3n) is 3.41. The molecule has 0 heterocycles. The van der Waals surface area contributed by atoms with Crippen molar-refractivity contribution in [1.29, 1.82) is 0 Å². The smallest absolute Gasteiger partial charge is 0.265 e. The van der Waals surface area contributed by atoms with Crippen LogP contribution in [0.15, 0.2) is 46.9 Å². The number of halogens is 1. The number of benzene rings is 2. The summed E-state index contributed by atoms with van der Waals surface area (Å²) in [4.78, 5) is 12.4. The topological polar surface area (TPSA) is 47.6 Å². The summed E-state index contributed by atoms with van der Waals surface area (Å²) in [5, 5.41) is 2.89. The summed E-state index contributed by atoms with van der Waals surface area (Å²) in [5.74, 6) is 1.14. The Morgan fingerprint density at radius 3 is 2.61 bits per heavy atom. The third-order valence-corrected chi connectivity index (χ3v) is 4.30. The largest absolute Gasteiger partial charge is 0.497 e. The van der Waals surface area contributed by atoms with Crippen LogP contribution in [-0.4, -0.2) is 19.1 Å². The van der Waals surface area contributed by atoms with E-state index in [2.05, 4.69) is 21.2 Å². The zero-order valence-electron chi connectivity index (χ0n) is 13.4. The van der Waals surface area contributed by atoms with Gasteiger partial charge < -0.3 is 14.8 Å². The number of aryl methyl sites for hydroxylation is 1. The number of hydrogen-bond acceptors (Lipinski definition) is 3. The Bertz CT molecular complexity index is 688. The second-order valence-electron chi connectivity index (χ2n) is 5.15. The highest BCUT2D eigenvalue weighted by Gasteiger charge is 2.19. The van der Waals surface area contributed by atoms with Gasteiger partial charge in [-0.05, 0) is 49.2 Å². The van der Waals surface area contributed by atoms with Gasteiger partial charge in [-0.25, -0.2) is 0 Å². The minimum Gasteiger partial charge on any atom is -0.497 e. The molecule has 0 saturated heterocycles. The van der Waals surface area contributed by atoms with E-state index in [9.17, 15) is 4.79 Å². The first-order valence-corrected chi connectivity index (χ1v) is 8.20. The molecule has 0 radical (unpaired) electrons. The number of amides is 1. The Morgan fingerprint density at radius 2 is 1.96 bits per heavy atom. The van der Waals surface area contributed by atoms with E-state index < -0.39 is 6.10 Å². The Balaban J connectivity index is 2.07. The van der Waals surface area contributed by atoms with Gasteiger partial charge in [-0.15, -0.1) is 0 Å². The first-order chi connectivity index (χ1) is 11.0. The first kappa shape index (κ1) is 17.3. The van der Waals surface area contributed by atoms with Crippen LogP contribution in [-0.2, 0) is 4.79 Å². The summed E-state index contributed by atoms with van der Waals surface area (Å²) in [6.45, 7) is 3.89. The van der Waals surface area contributed by atoms with Gasteiger partial charge in [-0.1, -0.05) is 28.9 Å². The molecule has 0 bridgehead atoms. The van der Waals surface area contributed by atoms with Crippen molar-refractivity contribution >= 4 is 27.5 Å². The highest BCUT2D eigenvalue weighted by molar-refractivity contribution is 9.10. The van der Waals surface area contributed by atoms with Crippen molar-refractivity contribution in [2.45, 2.75) is 26.4 Å². The molecule has 2 aromatic carbocycles. The summed E-state index contributed by atoms with van der Waals surface area (Å²) in [7, 11) is 1.60. The fraction of sp³-hybridized carbons (Fsp3) is 0.278. The van der Waals surface area contributed by atoms with E-state index >= 15 is 0 Å². The number of carbonyl (C=O) groups excluding carboxylic acids is 1. The van der Waals surface area contributed by atoms with Crippen LogP contribution in [0.1, 0.15) is 18.9 Å². The maximum atomic E-state index is 12.4. The number of carbonyl (C=O) groups is 1. The van der Waals surface area contributed by atoms with E-state index in [4.69, 9.17) is 9.47 Å². The fourth-order valence-corrected chi connectivity index (χ4v) is 2.35. The third kappa shape index (κ3) is 4.73. The standard InChI is InChI=1S/C18H20BrNO3/c1-4-17(23-15-7-5-6-14(11-15)22-3)18(21)20-13-8-9-16(19)12(2)10-13/h5-11,17H,4H2,1-3H3,(H,20,21)/t17-/m0/s1. The molecular formula is C18H20BrNO3. The molecule has 1 amide bonds. The van der Waals surface area contributed by atoms with Crippen molar-refractivity contribution in [3.05, 3.63) is 52.5 Å². The summed E-state index contributed by atoms with van der Waals surface area (Å²) in [6, 6.07) is 12.9. The van der Waals surface area contributed by atoms with Crippen molar-refractivity contribution in [3.63, 3.8) is 0 Å². The highest BCUT2D eigenvalue weighted by Crippen LogP contribution is 2.22. The maximum absolute atomic E-state index is 12.4. The normalized spacial score (nSPS) is 11.7. The monoisotopic (exact) mass is 377 g/mol. The zero-order valence-corrected chi connectivity index (χ0v) is 15.0. The van der Waals surface area contributed by atoms with Gasteiger partial charge >= 0.3 is 0 Å². The number of hydrogen-bond donors (Lipinski definition) is 1. The van der Waals surface area contributed by atoms with E-state index in [1.165, 1.54) is 0 Å². The van der Waals surface area contributed by atoms with Gasteiger partial charge in [-0.3, -0.25) is 4.79 Å². The van der Waals surface area contributed by atoms with Crippen LogP contribution in [0.3, 0.4) is 0 Å². The van der Waals surface area contributed by atoms with Gasteiger partial charge in [0.1, 0.15) is 11.5 Å². The van der Waals surface area contributed by atoms with E-state index in [1.54, 1.807) is 13.2 Å². The van der Waals surface area contributed by atoms with E-state index in [0.717, 1.165) is 15.7 Å². The second kappa shape index (κ2) is 8.02. The molecule has 4 nitrogen and oxygen atoms in total. The number of nitrogens with one attached hydrogen (secondary N) is 1. The van der Waals surface area contributed by atoms with Gasteiger partial charge in [0.05, 0.1) is 7.11 Å². The molecule has 0 aromatic heterocycles. The maximum Gasteiger partial charge on any atom is 0.265 e. The van der Waals surface area contributed by atoms with Gasteiger partial charge in [0, 0.05) is 16.2 Å². The van der Waals surface area contributed by atoms with E-state index in [0.29, 0.717) is 17.9 Å². The summed E-state index contributed by atoms with van der Waals surface area (Å²) < 4.78 is 12.0. The molecule has 0 aliphatic heterocycles. The molecule has 0 spiro atoms. The van der Waals surface area contributed by atoms with Crippen LogP contribution in [0.4, 0.5) is 5.69 Å². The highest BCUT2D eigenvalue weighted by atomic mass is 79.9. The molecule has 2 aromatic rings. The molecule has 0 unspecified atom stereocenters. The number of rotatable bonds is 6. The summed E-state index contributed by atoms with van der Waals surface area (Å²) >= 11 is 3.45. The zero-order chi connectivity index (χ0) is 16.8. The van der Waals surface area contributed by atoms with Crippen molar-refractivity contribution in [2.24, 2.45) is 0 Å². The average Bonchev–Trinajstić information content (AvgIpc) is 2.56. The molecule has 1 atom stereocenters. The molecule has 2 rings (SSSR count). The van der Waals surface area contributed by atoms with Crippen molar-refractivity contribution in [1.82, 2.24) is 0 Å². The van der Waals surface area contributed by atoms with Crippen molar-refractivity contribution < 1.29 is 14.3 Å². The molecule has 1 N–H and O–H groups in total. The fourth-order valence-electron chi connectivity index (χ4n) is 2.11. The molecular weight excluding hydrogens is 358 g/mol. The number of ether oxygens (including phenoxy) is 2. The average molecular weight is 378 g/mol. The Morgan fingerprint density at radius 1 is 1.22 bits per heavy atom. The molecule has 0 saturated carbocycles. The second-order valence-corrected chi connectivity index (χ2v) is 6.00. The Labute approximate surface area is 144 Å². The molecule has 0 aliphatic rings. The first-order valence-electron chi connectivity index (χ1n) is 7.41. The lowest BCUT2D eigenvalue weighted by atomic mass is 10.2. The lowest BCUT2D eigenvalue weighted by Gasteiger charge is -2.18. The minimum atomic E-state index is -0.564. The lowest BCUT2D eigenvalue weighted by molar-refractivity contribution is -0.122.